The van der Waals surface area contributed by atoms with Crippen molar-refractivity contribution in [3.8, 4) is 11.5 Å². The highest BCUT2D eigenvalue weighted by atomic mass is 32.1. The number of aromatic amines is 1. The fourth-order valence-corrected chi connectivity index (χ4v) is 5.27. The Morgan fingerprint density at radius 3 is 2.82 bits per heavy atom. The molecule has 38 heavy (non-hydrogen) atoms. The Morgan fingerprint density at radius 1 is 1.18 bits per heavy atom. The van der Waals surface area contributed by atoms with Crippen molar-refractivity contribution < 1.29 is 19.0 Å². The maximum absolute atomic E-state index is 13.1. The summed E-state index contributed by atoms with van der Waals surface area (Å²) in [6, 6.07) is 13.6. The average molecular weight is 533 g/mol. The van der Waals surface area contributed by atoms with Crippen molar-refractivity contribution in [3.05, 3.63) is 69.5 Å². The van der Waals surface area contributed by atoms with Gasteiger partial charge in [-0.25, -0.2) is 0 Å². The Hall–Kier alpha value is -3.66. The van der Waals surface area contributed by atoms with Gasteiger partial charge < -0.3 is 19.5 Å². The van der Waals surface area contributed by atoms with Crippen LogP contribution in [0.15, 0.2) is 47.8 Å². The second-order valence-electron chi connectivity index (χ2n) is 9.12. The number of rotatable bonds is 10. The first kappa shape index (κ1) is 26.0. The molecule has 0 bridgehead atoms. The third-order valence-electron chi connectivity index (χ3n) is 6.55. The molecule has 1 aliphatic heterocycles. The van der Waals surface area contributed by atoms with Crippen LogP contribution in [-0.2, 0) is 4.74 Å². The van der Waals surface area contributed by atoms with E-state index in [2.05, 4.69) is 20.4 Å². The monoisotopic (exact) mass is 532 g/mol. The summed E-state index contributed by atoms with van der Waals surface area (Å²) in [6.45, 7) is 6.90. The Bertz CT molecular complexity index is 1420. The minimum absolute atomic E-state index is 0.152. The summed E-state index contributed by atoms with van der Waals surface area (Å²) in [6.07, 6.45) is 4.75. The van der Waals surface area contributed by atoms with E-state index in [4.69, 9.17) is 14.2 Å². The number of benzene rings is 2. The van der Waals surface area contributed by atoms with E-state index in [1.165, 1.54) is 11.3 Å². The molecule has 9 heteroatoms. The number of carbonyl (C=O) groups is 1. The predicted molar refractivity (Wildman–Crippen MR) is 152 cm³/mol. The van der Waals surface area contributed by atoms with Gasteiger partial charge in [0.15, 0.2) is 11.5 Å². The minimum atomic E-state index is -0.152. The van der Waals surface area contributed by atoms with Crippen molar-refractivity contribution in [1.82, 2.24) is 15.1 Å². The highest BCUT2D eigenvalue weighted by Crippen LogP contribution is 2.35. The summed E-state index contributed by atoms with van der Waals surface area (Å²) in [5.74, 6) is 1.05. The van der Waals surface area contributed by atoms with E-state index >= 15 is 0 Å². The second kappa shape index (κ2) is 12.3. The van der Waals surface area contributed by atoms with E-state index in [1.807, 2.05) is 66.9 Å². The topological polar surface area (TPSA) is 88.7 Å². The van der Waals surface area contributed by atoms with Gasteiger partial charge in [0.25, 0.3) is 5.91 Å². The Balaban J connectivity index is 1.39. The first-order valence-electron chi connectivity index (χ1n) is 12.7. The number of ether oxygens (including phenoxy) is 3. The number of hydrogen-bond donors (Lipinski definition) is 2. The fourth-order valence-electron chi connectivity index (χ4n) is 4.45. The molecule has 0 aliphatic carbocycles. The van der Waals surface area contributed by atoms with Gasteiger partial charge in [0.05, 0.1) is 48.7 Å². The van der Waals surface area contributed by atoms with Gasteiger partial charge in [-0.1, -0.05) is 24.3 Å². The molecule has 4 aromatic rings. The Morgan fingerprint density at radius 2 is 2.03 bits per heavy atom. The van der Waals surface area contributed by atoms with Crippen LogP contribution in [-0.4, -0.2) is 67.6 Å². The van der Waals surface area contributed by atoms with Crippen LogP contribution < -0.4 is 14.8 Å². The molecule has 1 aliphatic rings. The van der Waals surface area contributed by atoms with E-state index in [-0.39, 0.29) is 5.91 Å². The molecule has 0 atom stereocenters. The molecule has 1 amide bonds. The molecule has 0 radical (unpaired) electrons. The maximum Gasteiger partial charge on any atom is 0.266 e. The lowest BCUT2D eigenvalue weighted by Gasteiger charge is -2.26. The molecule has 1 saturated heterocycles. The summed E-state index contributed by atoms with van der Waals surface area (Å²) >= 11 is 1.42. The maximum atomic E-state index is 13.1. The zero-order chi connectivity index (χ0) is 26.3. The molecule has 2 N–H and O–H groups in total. The van der Waals surface area contributed by atoms with Crippen molar-refractivity contribution >= 4 is 46.0 Å². The lowest BCUT2D eigenvalue weighted by Crippen LogP contribution is -2.37. The van der Waals surface area contributed by atoms with Gasteiger partial charge >= 0.3 is 0 Å². The number of fused-ring (bicyclic) bond motifs is 1. The average Bonchev–Trinajstić information content (AvgIpc) is 3.57. The number of nitrogens with one attached hydrogen (secondary N) is 2. The summed E-state index contributed by atoms with van der Waals surface area (Å²) in [5.41, 5.74) is 4.15. The van der Waals surface area contributed by atoms with E-state index in [0.29, 0.717) is 28.7 Å². The molecular formula is C29H32N4O4S. The van der Waals surface area contributed by atoms with Gasteiger partial charge in [0.1, 0.15) is 0 Å². The highest BCUT2D eigenvalue weighted by molar-refractivity contribution is 7.12. The molecule has 1 fully saturated rings. The molecule has 5 rings (SSSR count). The fraction of sp³-hybridized carbons (Fsp3) is 0.310. The van der Waals surface area contributed by atoms with E-state index in [1.54, 1.807) is 7.11 Å². The van der Waals surface area contributed by atoms with Gasteiger partial charge in [-0.2, -0.15) is 5.10 Å². The Kier molecular flexibility index (Phi) is 8.37. The molecule has 198 valence electrons. The number of amides is 1. The number of para-hydroxylation sites is 1. The number of H-pyrrole nitrogens is 1. The summed E-state index contributed by atoms with van der Waals surface area (Å²) in [7, 11) is 1.62. The predicted octanol–water partition coefficient (Wildman–Crippen LogP) is 5.47. The number of methoxy groups -OCH3 is 1. The van der Waals surface area contributed by atoms with Crippen molar-refractivity contribution in [3.63, 3.8) is 0 Å². The van der Waals surface area contributed by atoms with Gasteiger partial charge in [-0.3, -0.25) is 14.8 Å². The molecule has 0 saturated carbocycles. The largest absolute Gasteiger partial charge is 0.493 e. The summed E-state index contributed by atoms with van der Waals surface area (Å²) in [5, 5.41) is 13.5. The van der Waals surface area contributed by atoms with Crippen LogP contribution in [0, 0.1) is 6.92 Å². The second-order valence-corrected chi connectivity index (χ2v) is 10.0. The molecule has 2 aromatic carbocycles. The third-order valence-corrected chi connectivity index (χ3v) is 7.57. The number of aryl methyl sites for hydroxylation is 1. The van der Waals surface area contributed by atoms with Gasteiger partial charge in [0, 0.05) is 36.7 Å². The lowest BCUT2D eigenvalue weighted by molar-refractivity contribution is 0.0357. The zero-order valence-electron chi connectivity index (χ0n) is 21.7. The first-order chi connectivity index (χ1) is 18.6. The van der Waals surface area contributed by atoms with Crippen LogP contribution in [0.3, 0.4) is 0 Å². The molecule has 8 nitrogen and oxygen atoms in total. The zero-order valence-corrected chi connectivity index (χ0v) is 22.5. The normalized spacial score (nSPS) is 14.3. The summed E-state index contributed by atoms with van der Waals surface area (Å²) in [4.78, 5) is 16.2. The van der Waals surface area contributed by atoms with E-state index in [0.717, 1.165) is 67.0 Å². The van der Waals surface area contributed by atoms with Crippen LogP contribution in [0.2, 0.25) is 0 Å². The number of anilines is 1. The summed E-state index contributed by atoms with van der Waals surface area (Å²) < 4.78 is 17.2. The smallest absolute Gasteiger partial charge is 0.266 e. The van der Waals surface area contributed by atoms with E-state index < -0.39 is 0 Å². The van der Waals surface area contributed by atoms with Crippen molar-refractivity contribution in [1.29, 1.82) is 0 Å². The Labute approximate surface area is 226 Å². The van der Waals surface area contributed by atoms with Crippen LogP contribution in [0.5, 0.6) is 11.5 Å². The van der Waals surface area contributed by atoms with Crippen LogP contribution >= 0.6 is 11.3 Å². The SMILES string of the molecule is COc1cc(/C=C/c2n[nH]c3ccccc23)c(NC(=O)c2sccc2C)cc1OCCCN1CCOCC1. The number of thiophene rings is 1. The molecule has 0 unspecified atom stereocenters. The minimum Gasteiger partial charge on any atom is -0.493 e. The van der Waals surface area contributed by atoms with Gasteiger partial charge in [-0.05, 0) is 48.6 Å². The van der Waals surface area contributed by atoms with E-state index in [9.17, 15) is 4.79 Å². The van der Waals surface area contributed by atoms with Crippen molar-refractivity contribution in [2.45, 2.75) is 13.3 Å². The number of hydrogen-bond acceptors (Lipinski definition) is 7. The number of morpholine rings is 1. The van der Waals surface area contributed by atoms with Crippen LogP contribution in [0.1, 0.15) is 32.9 Å². The first-order valence-corrected chi connectivity index (χ1v) is 13.6. The molecular weight excluding hydrogens is 500 g/mol. The number of nitrogens with zero attached hydrogens (tertiary/aromatic N) is 2. The van der Waals surface area contributed by atoms with Crippen LogP contribution in [0.25, 0.3) is 23.1 Å². The molecule has 0 spiro atoms. The van der Waals surface area contributed by atoms with Crippen molar-refractivity contribution in [2.75, 3.05) is 51.9 Å². The third kappa shape index (κ3) is 6.07. The van der Waals surface area contributed by atoms with Crippen LogP contribution in [0.4, 0.5) is 5.69 Å². The number of aromatic nitrogens is 2. The lowest BCUT2D eigenvalue weighted by atomic mass is 10.1. The van der Waals surface area contributed by atoms with Gasteiger partial charge in [0.2, 0.25) is 0 Å². The molecule has 2 aromatic heterocycles. The van der Waals surface area contributed by atoms with Crippen molar-refractivity contribution in [2.24, 2.45) is 0 Å². The van der Waals surface area contributed by atoms with Gasteiger partial charge in [-0.15, -0.1) is 11.3 Å². The standard InChI is InChI=1S/C29H32N4O4S/c1-20-10-17-38-28(20)29(34)30-25-19-27(37-14-5-11-33-12-15-36-16-13-33)26(35-2)18-21(25)8-9-24-22-6-3-4-7-23(22)31-32-24/h3-4,6-10,17-19H,5,11-16H2,1-2H3,(H,30,34)(H,31,32)/b9-8+. The number of carbonyl (C=O) groups excluding carboxylic acids is 1. The highest BCUT2D eigenvalue weighted by Gasteiger charge is 2.17. The molecule has 3 heterocycles. The quantitative estimate of drug-likeness (QED) is 0.264.